The van der Waals surface area contributed by atoms with Gasteiger partial charge in [-0.2, -0.15) is 0 Å². The number of hydrogen-bond acceptors (Lipinski definition) is 4. The Morgan fingerprint density at radius 3 is 1.38 bits per heavy atom. The molecular formula is C69H44O4. The zero-order chi connectivity index (χ0) is 48.1. The van der Waals surface area contributed by atoms with Crippen LogP contribution in [0.5, 0.6) is 0 Å². The standard InChI is InChI=1S/C69H44O4/c1-66(2)72-64(68(70,49-31-24-43-18-15-36-7-3-9-38-21-28-46(49)58(43)55(36)38)50-32-25-44-19-16-37-8-4-10-39-22-29-47(50)59(44)56(37)39)65(73-66)69(71)53-34-27-45-20-17-42-13-6-14-51-60(42)61(45)63(53)67(51)35-54(69)48-30-23-40-11-5-12-41-26-33-52(67)62(48)57(40)41/h3-34,64-65,70-71H,35H2,1-2H3/t64?,65-,67?,69?/m1/s1. The molecule has 0 aromatic heterocycles. The molecule has 0 saturated carbocycles. The molecule has 73 heavy (non-hydrogen) atoms. The normalized spacial score (nSPS) is 22.0. The highest BCUT2D eigenvalue weighted by Crippen LogP contribution is 2.67. The molecule has 1 aliphatic heterocycles. The zero-order valence-corrected chi connectivity index (χ0v) is 40.0. The van der Waals surface area contributed by atoms with Gasteiger partial charge in [-0.25, -0.2) is 0 Å². The summed E-state index contributed by atoms with van der Waals surface area (Å²) >= 11 is 0. The van der Waals surface area contributed by atoms with Gasteiger partial charge in [0.15, 0.2) is 5.79 Å². The van der Waals surface area contributed by atoms with Crippen LogP contribution in [0.3, 0.4) is 0 Å². The second kappa shape index (κ2) is 12.8. The van der Waals surface area contributed by atoms with E-state index in [1.165, 1.54) is 48.8 Å². The minimum atomic E-state index is -1.92. The molecule has 344 valence electrons. The van der Waals surface area contributed by atoms with Crippen LogP contribution in [-0.4, -0.2) is 28.2 Å². The molecule has 1 heterocycles. The summed E-state index contributed by atoms with van der Waals surface area (Å²) in [5.74, 6) is -1.24. The van der Waals surface area contributed by atoms with Crippen LogP contribution >= 0.6 is 0 Å². The molecule has 1 saturated heterocycles. The van der Waals surface area contributed by atoms with E-state index in [-0.39, 0.29) is 0 Å². The molecule has 14 aromatic rings. The molecule has 0 amide bonds. The SMILES string of the molecule is CC1(C)OC(C(O)(c2ccc3ccc4cccc5ccc2c3c45)c2ccc3ccc4cccc5ccc2c3c45)[C@H](C2(O)C3=c4ccc5cccc6ccc(c4c65)C4(C3)c3cccc5ccc6ccc2c4c6c35)O1. The van der Waals surface area contributed by atoms with E-state index in [9.17, 15) is 0 Å². The van der Waals surface area contributed by atoms with Gasteiger partial charge in [0.25, 0.3) is 0 Å². The lowest BCUT2D eigenvalue weighted by Crippen LogP contribution is -2.59. The van der Waals surface area contributed by atoms with E-state index < -0.39 is 34.6 Å². The van der Waals surface area contributed by atoms with Crippen LogP contribution in [0.4, 0.5) is 0 Å². The smallest absolute Gasteiger partial charge is 0.164 e. The van der Waals surface area contributed by atoms with Gasteiger partial charge < -0.3 is 19.7 Å². The first kappa shape index (κ1) is 39.6. The predicted molar refractivity (Wildman–Crippen MR) is 297 cm³/mol. The van der Waals surface area contributed by atoms with Crippen molar-refractivity contribution in [1.82, 2.24) is 0 Å². The topological polar surface area (TPSA) is 58.9 Å². The molecule has 2 N–H and O–H groups in total. The molecular weight excluding hydrogens is 893 g/mol. The molecule has 18 rings (SSSR count). The summed E-state index contributed by atoms with van der Waals surface area (Å²) in [6, 6.07) is 70.4. The Labute approximate surface area is 418 Å². The second-order valence-corrected chi connectivity index (χ2v) is 22.2. The lowest BCUT2D eigenvalue weighted by atomic mass is 9.54. The summed E-state index contributed by atoms with van der Waals surface area (Å²) < 4.78 is 15.0. The molecule has 4 nitrogen and oxygen atoms in total. The van der Waals surface area contributed by atoms with Gasteiger partial charge in [-0.3, -0.25) is 0 Å². The van der Waals surface area contributed by atoms with Crippen LogP contribution in [0.25, 0.3) is 113 Å². The highest BCUT2D eigenvalue weighted by Gasteiger charge is 2.67. The number of aliphatic hydroxyl groups is 2. The van der Waals surface area contributed by atoms with E-state index in [0.717, 1.165) is 91.9 Å². The van der Waals surface area contributed by atoms with Gasteiger partial charge in [-0.05, 0) is 172 Å². The van der Waals surface area contributed by atoms with E-state index in [4.69, 9.17) is 9.47 Å². The molecule has 2 bridgehead atoms. The van der Waals surface area contributed by atoms with Crippen LogP contribution in [0, 0.1) is 0 Å². The Hall–Kier alpha value is -7.96. The van der Waals surface area contributed by atoms with Gasteiger partial charge in [0.1, 0.15) is 23.4 Å². The van der Waals surface area contributed by atoms with Gasteiger partial charge in [0.2, 0.25) is 0 Å². The van der Waals surface area contributed by atoms with Gasteiger partial charge in [0.05, 0.1) is 5.41 Å². The summed E-state index contributed by atoms with van der Waals surface area (Å²) in [4.78, 5) is 0. The van der Waals surface area contributed by atoms with Crippen molar-refractivity contribution in [1.29, 1.82) is 0 Å². The van der Waals surface area contributed by atoms with Crippen molar-refractivity contribution in [3.63, 3.8) is 0 Å². The maximum absolute atomic E-state index is 15.3. The molecule has 3 unspecified atom stereocenters. The Balaban J connectivity index is 1.00. The first-order valence-electron chi connectivity index (χ1n) is 25.8. The van der Waals surface area contributed by atoms with Gasteiger partial charge in [-0.1, -0.05) is 194 Å². The molecule has 1 spiro atoms. The number of fused-ring (bicyclic) bond motifs is 1. The summed E-state index contributed by atoms with van der Waals surface area (Å²) in [5, 5.41) is 54.1. The Morgan fingerprint density at radius 2 is 0.822 bits per heavy atom. The van der Waals surface area contributed by atoms with Crippen LogP contribution in [0.2, 0.25) is 0 Å². The number of hydrogen-bond donors (Lipinski definition) is 2. The summed E-state index contributed by atoms with van der Waals surface area (Å²) in [6.45, 7) is 3.89. The minimum Gasteiger partial charge on any atom is -0.378 e. The van der Waals surface area contributed by atoms with Crippen molar-refractivity contribution in [3.8, 4) is 0 Å². The first-order valence-corrected chi connectivity index (χ1v) is 25.8. The first-order chi connectivity index (χ1) is 35.6. The molecule has 3 aliphatic carbocycles. The molecule has 4 heteroatoms. The fraction of sp³-hybridized carbons (Fsp3) is 0.130. The third-order valence-corrected chi connectivity index (χ3v) is 18.6. The average Bonchev–Trinajstić information content (AvgIpc) is 3.93. The predicted octanol–water partition coefficient (Wildman–Crippen LogP) is 14.7. The lowest BCUT2D eigenvalue weighted by molar-refractivity contribution is -0.171. The van der Waals surface area contributed by atoms with Crippen molar-refractivity contribution in [3.05, 3.63) is 233 Å². The van der Waals surface area contributed by atoms with Crippen molar-refractivity contribution < 1.29 is 19.7 Å². The quantitative estimate of drug-likeness (QED) is 0.173. The van der Waals surface area contributed by atoms with Gasteiger partial charge >= 0.3 is 0 Å². The summed E-state index contributed by atoms with van der Waals surface area (Å²) in [5.41, 5.74) is 2.47. The molecule has 4 atom stereocenters. The van der Waals surface area contributed by atoms with Crippen LogP contribution in [0.1, 0.15) is 53.6 Å². The third-order valence-electron chi connectivity index (χ3n) is 18.6. The third kappa shape index (κ3) is 4.46. The maximum atomic E-state index is 15.3. The largest absolute Gasteiger partial charge is 0.378 e. The Bertz CT molecular complexity index is 4740. The Morgan fingerprint density at radius 1 is 0.411 bits per heavy atom. The van der Waals surface area contributed by atoms with Crippen molar-refractivity contribution in [2.45, 2.75) is 54.9 Å². The number of ether oxygens (including phenoxy) is 2. The van der Waals surface area contributed by atoms with Crippen molar-refractivity contribution >= 4 is 113 Å². The lowest BCUT2D eigenvalue weighted by Gasteiger charge is -2.52. The van der Waals surface area contributed by atoms with E-state index in [1.807, 2.05) is 13.8 Å². The fourth-order valence-electron chi connectivity index (χ4n) is 15.8. The molecule has 4 aliphatic rings. The van der Waals surface area contributed by atoms with E-state index in [1.54, 1.807) is 0 Å². The van der Waals surface area contributed by atoms with Crippen LogP contribution in [0.15, 0.2) is 194 Å². The van der Waals surface area contributed by atoms with E-state index in [2.05, 4.69) is 194 Å². The molecule has 1 fully saturated rings. The monoisotopic (exact) mass is 936 g/mol. The average molecular weight is 937 g/mol. The maximum Gasteiger partial charge on any atom is 0.164 e. The summed E-state index contributed by atoms with van der Waals surface area (Å²) in [6.07, 6.45) is -1.73. The van der Waals surface area contributed by atoms with E-state index in [0.29, 0.717) is 17.5 Å². The zero-order valence-electron chi connectivity index (χ0n) is 40.0. The van der Waals surface area contributed by atoms with Crippen molar-refractivity contribution in [2.75, 3.05) is 0 Å². The highest BCUT2D eigenvalue weighted by atomic mass is 16.8. The van der Waals surface area contributed by atoms with Gasteiger partial charge in [-0.15, -0.1) is 0 Å². The highest BCUT2D eigenvalue weighted by molar-refractivity contribution is 6.26. The summed E-state index contributed by atoms with van der Waals surface area (Å²) in [7, 11) is 0. The molecule has 14 aromatic carbocycles. The Kier molecular flexibility index (Phi) is 6.95. The second-order valence-electron chi connectivity index (χ2n) is 22.2. The van der Waals surface area contributed by atoms with Crippen LogP contribution < -0.4 is 5.22 Å². The number of rotatable bonds is 4. The molecule has 0 radical (unpaired) electrons. The van der Waals surface area contributed by atoms with E-state index >= 15 is 10.2 Å². The minimum absolute atomic E-state index is 0.534. The van der Waals surface area contributed by atoms with Crippen LogP contribution in [-0.2, 0) is 26.1 Å². The number of benzene rings is 14. The fourth-order valence-corrected chi connectivity index (χ4v) is 15.8. The van der Waals surface area contributed by atoms with Crippen molar-refractivity contribution in [2.24, 2.45) is 0 Å². The van der Waals surface area contributed by atoms with Gasteiger partial charge in [0, 0.05) is 0 Å².